The first-order valence-electron chi connectivity index (χ1n) is 5.17. The summed E-state index contributed by atoms with van der Waals surface area (Å²) < 4.78 is 0. The van der Waals surface area contributed by atoms with Crippen molar-refractivity contribution in [3.63, 3.8) is 0 Å². The van der Waals surface area contributed by atoms with Crippen molar-refractivity contribution in [3.05, 3.63) is 33.8 Å². The van der Waals surface area contributed by atoms with E-state index >= 15 is 0 Å². The molecule has 4 N–H and O–H groups in total. The Labute approximate surface area is 115 Å². The molecule has 1 aromatic rings. The maximum Gasteiger partial charge on any atom is 0.253 e. The number of hydrogen-bond acceptors (Lipinski definition) is 3. The normalized spacial score (nSPS) is 13.2. The molecule has 5 nitrogen and oxygen atoms in total. The van der Waals surface area contributed by atoms with Crippen LogP contribution in [0, 0.1) is 0 Å². The lowest BCUT2D eigenvalue weighted by atomic mass is 10.1. The first-order valence-corrected chi connectivity index (χ1v) is 5.92. The number of nitrogens with two attached hydrogens (primary N) is 1. The number of hydrogen-bond donors (Lipinski definition) is 3. The molecule has 0 spiro atoms. The number of amides is 1. The molecule has 0 aromatic heterocycles. The van der Waals surface area contributed by atoms with Gasteiger partial charge in [0.15, 0.2) is 0 Å². The number of halogens is 2. The number of nitrogens with zero attached hydrogens (tertiary/aromatic N) is 1. The molecule has 98 valence electrons. The second-order valence-electron chi connectivity index (χ2n) is 3.77. The second kappa shape index (κ2) is 6.47. The van der Waals surface area contributed by atoms with Gasteiger partial charge in [-0.05, 0) is 19.1 Å². The van der Waals surface area contributed by atoms with Crippen molar-refractivity contribution in [1.29, 1.82) is 0 Å². The number of carbonyl (C=O) groups excluding carboxylic acids is 1. The summed E-state index contributed by atoms with van der Waals surface area (Å²) in [5.41, 5.74) is 5.63. The predicted molar refractivity (Wildman–Crippen MR) is 71.4 cm³/mol. The van der Waals surface area contributed by atoms with Crippen LogP contribution in [0.25, 0.3) is 0 Å². The predicted octanol–water partition coefficient (Wildman–Crippen LogP) is 2.25. The van der Waals surface area contributed by atoms with E-state index in [1.807, 2.05) is 0 Å². The number of amidine groups is 1. The van der Waals surface area contributed by atoms with Crippen LogP contribution in [0.3, 0.4) is 0 Å². The molecule has 0 radical (unpaired) electrons. The quantitative estimate of drug-likeness (QED) is 0.344. The van der Waals surface area contributed by atoms with Crippen LogP contribution in [0.5, 0.6) is 0 Å². The summed E-state index contributed by atoms with van der Waals surface area (Å²) in [7, 11) is 0. The Kier molecular flexibility index (Phi) is 5.25. The number of nitrogens with one attached hydrogen (secondary N) is 1. The van der Waals surface area contributed by atoms with Crippen molar-refractivity contribution in [2.45, 2.75) is 19.4 Å². The fourth-order valence-electron chi connectivity index (χ4n) is 1.39. The van der Waals surface area contributed by atoms with Gasteiger partial charge in [0.05, 0.1) is 15.6 Å². The lowest BCUT2D eigenvalue weighted by molar-refractivity contribution is 0.0941. The summed E-state index contributed by atoms with van der Waals surface area (Å²) in [6, 6.07) is 4.51. The first-order chi connectivity index (χ1) is 8.45. The minimum absolute atomic E-state index is 0.0417. The molecule has 18 heavy (non-hydrogen) atoms. The standard InChI is InChI=1S/C11H13Cl2N3O2/c1-6(5-9(14)16-18)15-11(17)7-3-2-4-8(12)10(7)13/h2-4,6,18H,5H2,1H3,(H2,14,16)(H,15,17). The number of benzene rings is 1. The maximum atomic E-state index is 11.9. The highest BCUT2D eigenvalue weighted by Gasteiger charge is 2.15. The van der Waals surface area contributed by atoms with E-state index in [9.17, 15) is 4.79 Å². The zero-order valence-electron chi connectivity index (χ0n) is 9.65. The lowest BCUT2D eigenvalue weighted by Crippen LogP contribution is -2.35. The van der Waals surface area contributed by atoms with Crippen molar-refractivity contribution >= 4 is 34.9 Å². The van der Waals surface area contributed by atoms with E-state index < -0.39 is 0 Å². The Morgan fingerprint density at radius 3 is 2.83 bits per heavy atom. The Bertz CT molecular complexity index is 477. The largest absolute Gasteiger partial charge is 0.409 e. The highest BCUT2D eigenvalue weighted by atomic mass is 35.5. The van der Waals surface area contributed by atoms with E-state index in [-0.39, 0.29) is 34.8 Å². The third-order valence-corrected chi connectivity index (χ3v) is 3.04. The summed E-state index contributed by atoms with van der Waals surface area (Å²) in [5, 5.41) is 14.5. The molecule has 1 rings (SSSR count). The van der Waals surface area contributed by atoms with Gasteiger partial charge in [0.25, 0.3) is 5.91 Å². The van der Waals surface area contributed by atoms with Crippen molar-refractivity contribution in [3.8, 4) is 0 Å². The van der Waals surface area contributed by atoms with E-state index in [1.165, 1.54) is 0 Å². The molecule has 0 aliphatic heterocycles. The molecule has 0 aliphatic carbocycles. The SMILES string of the molecule is CC(CC(N)=NO)NC(=O)c1cccc(Cl)c1Cl. The summed E-state index contributed by atoms with van der Waals surface area (Å²) in [4.78, 5) is 11.9. The Morgan fingerprint density at radius 2 is 2.22 bits per heavy atom. The maximum absolute atomic E-state index is 11.9. The summed E-state index contributed by atoms with van der Waals surface area (Å²) in [6.07, 6.45) is 0.237. The Morgan fingerprint density at radius 1 is 1.56 bits per heavy atom. The number of oxime groups is 1. The van der Waals surface area contributed by atoms with Crippen LogP contribution in [0.1, 0.15) is 23.7 Å². The van der Waals surface area contributed by atoms with Gasteiger partial charge < -0.3 is 16.3 Å². The molecule has 1 atom stereocenters. The molecule has 1 unspecified atom stereocenters. The van der Waals surface area contributed by atoms with Gasteiger partial charge in [-0.2, -0.15) is 0 Å². The van der Waals surface area contributed by atoms with Crippen LogP contribution in [-0.2, 0) is 0 Å². The summed E-state index contributed by atoms with van der Waals surface area (Å²) >= 11 is 11.7. The molecule has 1 amide bonds. The monoisotopic (exact) mass is 289 g/mol. The van der Waals surface area contributed by atoms with Gasteiger partial charge >= 0.3 is 0 Å². The molecule has 0 heterocycles. The molecule has 1 aromatic carbocycles. The minimum atomic E-state index is -0.360. The van der Waals surface area contributed by atoms with E-state index in [0.717, 1.165) is 0 Å². The molecule has 0 aliphatic rings. The van der Waals surface area contributed by atoms with Crippen molar-refractivity contribution in [1.82, 2.24) is 5.32 Å². The van der Waals surface area contributed by atoms with Crippen LogP contribution in [0.2, 0.25) is 10.0 Å². The molecule has 0 saturated carbocycles. The van der Waals surface area contributed by atoms with Gasteiger partial charge in [0.1, 0.15) is 5.84 Å². The molecular weight excluding hydrogens is 277 g/mol. The van der Waals surface area contributed by atoms with Crippen LogP contribution < -0.4 is 11.1 Å². The third kappa shape index (κ3) is 3.78. The zero-order valence-corrected chi connectivity index (χ0v) is 11.2. The molecular formula is C11H13Cl2N3O2. The average Bonchev–Trinajstić information content (AvgIpc) is 2.32. The lowest BCUT2D eigenvalue weighted by Gasteiger charge is -2.13. The smallest absolute Gasteiger partial charge is 0.253 e. The Balaban J connectivity index is 2.74. The van der Waals surface area contributed by atoms with E-state index in [2.05, 4.69) is 10.5 Å². The van der Waals surface area contributed by atoms with E-state index in [0.29, 0.717) is 5.02 Å². The Hall–Kier alpha value is -1.46. The molecule has 0 bridgehead atoms. The highest BCUT2D eigenvalue weighted by Crippen LogP contribution is 2.25. The van der Waals surface area contributed by atoms with Crippen LogP contribution in [0.4, 0.5) is 0 Å². The minimum Gasteiger partial charge on any atom is -0.409 e. The van der Waals surface area contributed by atoms with Gasteiger partial charge in [-0.1, -0.05) is 34.4 Å². The fourth-order valence-corrected chi connectivity index (χ4v) is 1.77. The van der Waals surface area contributed by atoms with Gasteiger partial charge in [0.2, 0.25) is 0 Å². The highest BCUT2D eigenvalue weighted by molar-refractivity contribution is 6.43. The molecule has 0 saturated heterocycles. The van der Waals surface area contributed by atoms with Gasteiger partial charge in [-0.3, -0.25) is 4.79 Å². The van der Waals surface area contributed by atoms with Gasteiger partial charge in [-0.15, -0.1) is 0 Å². The fraction of sp³-hybridized carbons (Fsp3) is 0.273. The topological polar surface area (TPSA) is 87.7 Å². The van der Waals surface area contributed by atoms with Crippen molar-refractivity contribution < 1.29 is 10.0 Å². The van der Waals surface area contributed by atoms with Gasteiger partial charge in [0, 0.05) is 12.5 Å². The number of rotatable bonds is 4. The van der Waals surface area contributed by atoms with E-state index in [1.54, 1.807) is 25.1 Å². The third-order valence-electron chi connectivity index (χ3n) is 2.22. The second-order valence-corrected chi connectivity index (χ2v) is 4.56. The van der Waals surface area contributed by atoms with Crippen molar-refractivity contribution in [2.75, 3.05) is 0 Å². The van der Waals surface area contributed by atoms with Crippen molar-refractivity contribution in [2.24, 2.45) is 10.9 Å². The summed E-state index contributed by atoms with van der Waals surface area (Å²) in [5.74, 6) is -0.319. The van der Waals surface area contributed by atoms with Crippen LogP contribution in [-0.4, -0.2) is 23.0 Å². The zero-order chi connectivity index (χ0) is 13.7. The van der Waals surface area contributed by atoms with Crippen LogP contribution in [0.15, 0.2) is 23.4 Å². The molecule has 7 heteroatoms. The first kappa shape index (κ1) is 14.6. The van der Waals surface area contributed by atoms with E-state index in [4.69, 9.17) is 34.1 Å². The van der Waals surface area contributed by atoms with Gasteiger partial charge in [-0.25, -0.2) is 0 Å². The summed E-state index contributed by atoms with van der Waals surface area (Å²) in [6.45, 7) is 1.73. The average molecular weight is 290 g/mol. The molecule has 0 fully saturated rings. The number of carbonyl (C=O) groups is 1. The van der Waals surface area contributed by atoms with Crippen LogP contribution >= 0.6 is 23.2 Å².